The van der Waals surface area contributed by atoms with Crippen molar-refractivity contribution in [3.8, 4) is 23.1 Å². The number of hydrogen-bond acceptors (Lipinski definition) is 5. The zero-order valence-corrected chi connectivity index (χ0v) is 11.7. The predicted octanol–water partition coefficient (Wildman–Crippen LogP) is 2.75. The second-order valence-electron chi connectivity index (χ2n) is 4.13. The van der Waals surface area contributed by atoms with Gasteiger partial charge in [0.25, 0.3) is 0 Å². The number of Topliss-reactive ketones (excluding diaryl/α,β-unsaturated/α-hetero) is 1. The molecule has 1 aromatic carbocycles. The van der Waals surface area contributed by atoms with Crippen molar-refractivity contribution in [3.63, 3.8) is 0 Å². The average Bonchev–Trinajstić information content (AvgIpc) is 2.53. The highest BCUT2D eigenvalue weighted by Crippen LogP contribution is 2.22. The van der Waals surface area contributed by atoms with Crippen LogP contribution in [0.3, 0.4) is 0 Å². The molecule has 5 heteroatoms. The van der Waals surface area contributed by atoms with Crippen molar-refractivity contribution in [1.29, 1.82) is 0 Å². The molecular formula is C15H16N2O3. The van der Waals surface area contributed by atoms with Crippen molar-refractivity contribution < 1.29 is 14.3 Å². The fourth-order valence-electron chi connectivity index (χ4n) is 1.75. The van der Waals surface area contributed by atoms with Gasteiger partial charge in [0, 0.05) is 17.5 Å². The van der Waals surface area contributed by atoms with Crippen molar-refractivity contribution in [2.45, 2.75) is 13.3 Å². The molecule has 0 saturated carbocycles. The Morgan fingerprint density at radius 2 is 1.60 bits per heavy atom. The Kier molecular flexibility index (Phi) is 4.30. The summed E-state index contributed by atoms with van der Waals surface area (Å²) in [6.07, 6.45) is 0.489. The fourth-order valence-corrected chi connectivity index (χ4v) is 1.75. The lowest BCUT2D eigenvalue weighted by atomic mass is 10.1. The molecule has 5 nitrogen and oxygen atoms in total. The summed E-state index contributed by atoms with van der Waals surface area (Å²) in [7, 11) is 3.07. The van der Waals surface area contributed by atoms with Crippen molar-refractivity contribution in [2.75, 3.05) is 14.2 Å². The van der Waals surface area contributed by atoms with E-state index in [0.717, 1.165) is 5.56 Å². The molecule has 0 amide bonds. The molecule has 0 N–H and O–H groups in total. The lowest BCUT2D eigenvalue weighted by Gasteiger charge is -2.07. The summed E-state index contributed by atoms with van der Waals surface area (Å²) in [6, 6.07) is 8.79. The van der Waals surface area contributed by atoms with E-state index < -0.39 is 0 Å². The maximum absolute atomic E-state index is 11.6. The van der Waals surface area contributed by atoms with E-state index in [0.29, 0.717) is 29.6 Å². The van der Waals surface area contributed by atoms with E-state index in [1.165, 1.54) is 14.2 Å². The van der Waals surface area contributed by atoms with Gasteiger partial charge in [0.15, 0.2) is 11.6 Å². The fraction of sp³-hybridized carbons (Fsp3) is 0.267. The summed E-state index contributed by atoms with van der Waals surface area (Å²) >= 11 is 0. The van der Waals surface area contributed by atoms with Gasteiger partial charge >= 0.3 is 0 Å². The number of ether oxygens (including phenoxy) is 2. The highest BCUT2D eigenvalue weighted by atomic mass is 16.5. The lowest BCUT2D eigenvalue weighted by molar-refractivity contribution is 0.0988. The number of carbonyl (C=O) groups is 1. The van der Waals surface area contributed by atoms with E-state index in [9.17, 15) is 4.79 Å². The van der Waals surface area contributed by atoms with E-state index in [1.54, 1.807) is 18.2 Å². The van der Waals surface area contributed by atoms with Gasteiger partial charge in [-0.05, 0) is 0 Å². The molecule has 0 fully saturated rings. The number of carbonyl (C=O) groups excluding carboxylic acids is 1. The monoisotopic (exact) mass is 272 g/mol. The summed E-state index contributed by atoms with van der Waals surface area (Å²) in [5.74, 6) is 1.47. The van der Waals surface area contributed by atoms with E-state index in [-0.39, 0.29) is 5.78 Å². The topological polar surface area (TPSA) is 61.3 Å². The molecule has 0 aliphatic heterocycles. The van der Waals surface area contributed by atoms with Crippen LogP contribution in [0.5, 0.6) is 11.8 Å². The van der Waals surface area contributed by atoms with Crippen LogP contribution in [-0.4, -0.2) is 30.0 Å². The molecule has 0 atom stereocenters. The number of rotatable bonds is 5. The van der Waals surface area contributed by atoms with Crippen molar-refractivity contribution >= 4 is 5.78 Å². The molecule has 0 saturated heterocycles. The molecule has 0 radical (unpaired) electrons. The maximum Gasteiger partial charge on any atom is 0.220 e. The van der Waals surface area contributed by atoms with E-state index in [1.807, 2.05) is 19.1 Å². The minimum atomic E-state index is 0.112. The average molecular weight is 272 g/mol. The number of benzene rings is 1. The van der Waals surface area contributed by atoms with Crippen LogP contribution in [0.25, 0.3) is 11.4 Å². The first-order chi connectivity index (χ1) is 9.67. The van der Waals surface area contributed by atoms with Crippen LogP contribution in [0.15, 0.2) is 30.3 Å². The first-order valence-electron chi connectivity index (χ1n) is 6.28. The van der Waals surface area contributed by atoms with Gasteiger partial charge in [-0.25, -0.2) is 0 Å². The standard InChI is InChI=1S/C15H16N2O3/c1-4-12(18)10-5-7-11(8-6-10)15-16-13(19-2)9-14(17-15)20-3/h5-9H,4H2,1-3H3. The Hall–Kier alpha value is -2.43. The summed E-state index contributed by atoms with van der Waals surface area (Å²) in [5, 5.41) is 0. The largest absolute Gasteiger partial charge is 0.481 e. The van der Waals surface area contributed by atoms with Crippen LogP contribution < -0.4 is 9.47 Å². The van der Waals surface area contributed by atoms with Crippen LogP contribution in [-0.2, 0) is 0 Å². The number of hydrogen-bond donors (Lipinski definition) is 0. The summed E-state index contributed by atoms with van der Waals surface area (Å²) in [6.45, 7) is 1.84. The van der Waals surface area contributed by atoms with Crippen LogP contribution in [0.2, 0.25) is 0 Å². The first kappa shape index (κ1) is 14.0. The van der Waals surface area contributed by atoms with Crippen LogP contribution in [0, 0.1) is 0 Å². The molecule has 104 valence electrons. The molecule has 20 heavy (non-hydrogen) atoms. The third kappa shape index (κ3) is 2.93. The van der Waals surface area contributed by atoms with Gasteiger partial charge in [0.2, 0.25) is 11.8 Å². The molecule has 2 rings (SSSR count). The van der Waals surface area contributed by atoms with Gasteiger partial charge in [-0.1, -0.05) is 31.2 Å². The van der Waals surface area contributed by atoms with E-state index >= 15 is 0 Å². The number of nitrogens with zero attached hydrogens (tertiary/aromatic N) is 2. The van der Waals surface area contributed by atoms with E-state index in [2.05, 4.69) is 9.97 Å². The Balaban J connectivity index is 2.38. The van der Waals surface area contributed by atoms with Crippen molar-refractivity contribution in [1.82, 2.24) is 9.97 Å². The smallest absolute Gasteiger partial charge is 0.220 e. The van der Waals surface area contributed by atoms with Gasteiger partial charge in [0.05, 0.1) is 20.3 Å². The molecule has 0 bridgehead atoms. The van der Waals surface area contributed by atoms with Crippen molar-refractivity contribution in [3.05, 3.63) is 35.9 Å². The lowest BCUT2D eigenvalue weighted by Crippen LogP contribution is -1.98. The molecule has 0 aliphatic carbocycles. The Morgan fingerprint density at radius 3 is 2.05 bits per heavy atom. The molecule has 2 aromatic rings. The quantitative estimate of drug-likeness (QED) is 0.783. The maximum atomic E-state index is 11.6. The molecular weight excluding hydrogens is 256 g/mol. The summed E-state index contributed by atoms with van der Waals surface area (Å²) in [5.41, 5.74) is 1.49. The number of methoxy groups -OCH3 is 2. The predicted molar refractivity (Wildman–Crippen MR) is 75.2 cm³/mol. The third-order valence-corrected chi connectivity index (χ3v) is 2.88. The molecule has 0 unspecified atom stereocenters. The zero-order valence-electron chi connectivity index (χ0n) is 11.7. The number of aromatic nitrogens is 2. The minimum absolute atomic E-state index is 0.112. The van der Waals surface area contributed by atoms with E-state index in [4.69, 9.17) is 9.47 Å². The van der Waals surface area contributed by atoms with Gasteiger partial charge in [-0.15, -0.1) is 0 Å². The van der Waals surface area contributed by atoms with Crippen molar-refractivity contribution in [2.24, 2.45) is 0 Å². The summed E-state index contributed by atoms with van der Waals surface area (Å²) in [4.78, 5) is 20.1. The summed E-state index contributed by atoms with van der Waals surface area (Å²) < 4.78 is 10.2. The highest BCUT2D eigenvalue weighted by Gasteiger charge is 2.09. The van der Waals surface area contributed by atoms with Crippen LogP contribution in [0.1, 0.15) is 23.7 Å². The first-order valence-corrected chi connectivity index (χ1v) is 6.28. The van der Waals surface area contributed by atoms with Gasteiger partial charge in [-0.3, -0.25) is 4.79 Å². The van der Waals surface area contributed by atoms with Gasteiger partial charge < -0.3 is 9.47 Å². The zero-order chi connectivity index (χ0) is 14.5. The minimum Gasteiger partial charge on any atom is -0.481 e. The number of ketones is 1. The van der Waals surface area contributed by atoms with Crippen LogP contribution in [0.4, 0.5) is 0 Å². The second kappa shape index (κ2) is 6.14. The SMILES string of the molecule is CCC(=O)c1ccc(-c2nc(OC)cc(OC)n2)cc1. The normalized spacial score (nSPS) is 10.2. The molecule has 0 spiro atoms. The van der Waals surface area contributed by atoms with Gasteiger partial charge in [-0.2, -0.15) is 9.97 Å². The molecule has 0 aliphatic rings. The Labute approximate surface area is 117 Å². The Morgan fingerprint density at radius 1 is 1.05 bits per heavy atom. The third-order valence-electron chi connectivity index (χ3n) is 2.88. The van der Waals surface area contributed by atoms with Gasteiger partial charge in [0.1, 0.15) is 0 Å². The van der Waals surface area contributed by atoms with Crippen LogP contribution >= 0.6 is 0 Å². The second-order valence-corrected chi connectivity index (χ2v) is 4.13. The molecule has 1 heterocycles. The molecule has 1 aromatic heterocycles. The highest BCUT2D eigenvalue weighted by molar-refractivity contribution is 5.96. The Bertz CT molecular complexity index is 587.